The van der Waals surface area contributed by atoms with Gasteiger partial charge in [0, 0.05) is 18.1 Å². The summed E-state index contributed by atoms with van der Waals surface area (Å²) in [6.07, 6.45) is 3.15. The Kier molecular flexibility index (Phi) is 5.08. The number of nitrogens with zero attached hydrogens (tertiary/aromatic N) is 1. The first-order chi connectivity index (χ1) is 9.56. The molecular formula is C13H9Br2FN2O2. The largest absolute Gasteiger partial charge is 0.481 e. The van der Waals surface area contributed by atoms with Crippen LogP contribution >= 0.6 is 31.9 Å². The van der Waals surface area contributed by atoms with Crippen LogP contribution in [0.5, 0.6) is 5.75 Å². The first-order valence-corrected chi connectivity index (χ1v) is 7.12. The first kappa shape index (κ1) is 14.9. The lowest BCUT2D eigenvalue weighted by atomic mass is 10.3. The van der Waals surface area contributed by atoms with Crippen LogP contribution in [0.3, 0.4) is 0 Å². The fraction of sp³-hybridized carbons (Fsp3) is 0.0769. The average Bonchev–Trinajstić information content (AvgIpc) is 2.38. The third-order valence-electron chi connectivity index (χ3n) is 2.27. The molecule has 0 aliphatic heterocycles. The Morgan fingerprint density at radius 2 is 1.85 bits per heavy atom. The number of hydrogen-bond donors (Lipinski definition) is 1. The van der Waals surface area contributed by atoms with Crippen molar-refractivity contribution < 1.29 is 13.9 Å². The van der Waals surface area contributed by atoms with E-state index in [1.165, 1.54) is 12.1 Å². The molecule has 1 heterocycles. The summed E-state index contributed by atoms with van der Waals surface area (Å²) in [5.74, 6) is -0.354. The molecule has 0 unspecified atom stereocenters. The van der Waals surface area contributed by atoms with Gasteiger partial charge in [-0.1, -0.05) is 0 Å². The van der Waals surface area contributed by atoms with Gasteiger partial charge in [0.05, 0.1) is 8.95 Å². The molecule has 0 saturated heterocycles. The number of nitrogens with one attached hydrogen (secondary N) is 1. The third-order valence-corrected chi connectivity index (χ3v) is 3.45. The van der Waals surface area contributed by atoms with Gasteiger partial charge in [-0.3, -0.25) is 9.78 Å². The number of carbonyl (C=O) groups is 1. The van der Waals surface area contributed by atoms with E-state index in [4.69, 9.17) is 4.74 Å². The number of pyridine rings is 1. The van der Waals surface area contributed by atoms with Crippen LogP contribution in [-0.2, 0) is 4.79 Å². The molecule has 0 bridgehead atoms. The third kappa shape index (κ3) is 4.01. The highest BCUT2D eigenvalue weighted by Gasteiger charge is 2.11. The van der Waals surface area contributed by atoms with Gasteiger partial charge in [0.2, 0.25) is 0 Å². The minimum Gasteiger partial charge on any atom is -0.481 e. The van der Waals surface area contributed by atoms with Crippen molar-refractivity contribution in [3.05, 3.63) is 51.4 Å². The lowest BCUT2D eigenvalue weighted by Crippen LogP contribution is -2.20. The summed E-state index contributed by atoms with van der Waals surface area (Å²) in [5, 5.41) is 2.65. The molecule has 1 aromatic heterocycles. The Labute approximate surface area is 131 Å². The number of rotatable bonds is 4. The highest BCUT2D eigenvalue weighted by Crippen LogP contribution is 2.34. The maximum atomic E-state index is 13.1. The molecule has 0 aliphatic carbocycles. The van der Waals surface area contributed by atoms with Crippen molar-refractivity contribution in [3.8, 4) is 5.75 Å². The molecule has 1 aromatic carbocycles. The summed E-state index contributed by atoms with van der Waals surface area (Å²) >= 11 is 6.36. The summed E-state index contributed by atoms with van der Waals surface area (Å²) in [4.78, 5) is 15.6. The Morgan fingerprint density at radius 3 is 2.45 bits per heavy atom. The molecule has 20 heavy (non-hydrogen) atoms. The molecule has 0 radical (unpaired) electrons. The van der Waals surface area contributed by atoms with Crippen LogP contribution in [-0.4, -0.2) is 17.5 Å². The van der Waals surface area contributed by atoms with E-state index in [1.807, 2.05) is 0 Å². The van der Waals surface area contributed by atoms with E-state index in [0.29, 0.717) is 20.4 Å². The fourth-order valence-electron chi connectivity index (χ4n) is 1.44. The van der Waals surface area contributed by atoms with Crippen molar-refractivity contribution in [1.82, 2.24) is 4.98 Å². The second kappa shape index (κ2) is 6.81. The number of hydrogen-bond acceptors (Lipinski definition) is 3. The number of aromatic nitrogens is 1. The number of anilines is 1. The zero-order valence-electron chi connectivity index (χ0n) is 10.1. The fourth-order valence-corrected chi connectivity index (χ4v) is 2.80. The summed E-state index contributed by atoms with van der Waals surface area (Å²) in [6, 6.07) is 5.87. The molecule has 1 N–H and O–H groups in total. The van der Waals surface area contributed by atoms with Gasteiger partial charge in [-0.2, -0.15) is 0 Å². The second-order valence-corrected chi connectivity index (χ2v) is 5.48. The van der Waals surface area contributed by atoms with Gasteiger partial charge in [-0.25, -0.2) is 4.39 Å². The number of amides is 1. The van der Waals surface area contributed by atoms with Crippen LogP contribution < -0.4 is 10.1 Å². The normalized spacial score (nSPS) is 10.2. The number of carbonyl (C=O) groups excluding carboxylic acids is 1. The quantitative estimate of drug-likeness (QED) is 0.845. The zero-order chi connectivity index (χ0) is 14.5. The minimum absolute atomic E-state index is 0.189. The Hall–Kier alpha value is -1.47. The predicted molar refractivity (Wildman–Crippen MR) is 80.2 cm³/mol. The van der Waals surface area contributed by atoms with Crippen molar-refractivity contribution in [2.45, 2.75) is 0 Å². The second-order valence-electron chi connectivity index (χ2n) is 3.77. The van der Waals surface area contributed by atoms with Crippen molar-refractivity contribution in [2.24, 2.45) is 0 Å². The predicted octanol–water partition coefficient (Wildman–Crippen LogP) is 3.76. The molecule has 2 aromatic rings. The van der Waals surface area contributed by atoms with E-state index in [2.05, 4.69) is 42.2 Å². The smallest absolute Gasteiger partial charge is 0.262 e. The standard InChI is InChI=1S/C13H9Br2FN2O2/c14-10-5-8(16)6-11(15)13(10)20-7-12(19)18-9-1-3-17-4-2-9/h1-6H,7H2,(H,17,18,19). The summed E-state index contributed by atoms with van der Waals surface area (Å²) in [5.41, 5.74) is 0.630. The van der Waals surface area contributed by atoms with Gasteiger partial charge >= 0.3 is 0 Å². The number of halogens is 3. The highest BCUT2D eigenvalue weighted by molar-refractivity contribution is 9.11. The maximum absolute atomic E-state index is 13.1. The van der Waals surface area contributed by atoms with Crippen molar-refractivity contribution in [1.29, 1.82) is 0 Å². The molecule has 7 heteroatoms. The molecule has 0 fully saturated rings. The van der Waals surface area contributed by atoms with Gasteiger partial charge in [-0.15, -0.1) is 0 Å². The van der Waals surface area contributed by atoms with Crippen molar-refractivity contribution in [3.63, 3.8) is 0 Å². The lowest BCUT2D eigenvalue weighted by Gasteiger charge is -2.10. The SMILES string of the molecule is O=C(COc1c(Br)cc(F)cc1Br)Nc1ccncc1. The van der Waals surface area contributed by atoms with E-state index >= 15 is 0 Å². The number of benzene rings is 1. The molecule has 2 rings (SSSR count). The molecule has 0 aliphatic rings. The van der Waals surface area contributed by atoms with E-state index < -0.39 is 5.82 Å². The summed E-state index contributed by atoms with van der Waals surface area (Å²) in [7, 11) is 0. The summed E-state index contributed by atoms with van der Waals surface area (Å²) in [6.45, 7) is -0.189. The van der Waals surface area contributed by atoms with Crippen LogP contribution in [0.4, 0.5) is 10.1 Å². The van der Waals surface area contributed by atoms with E-state index in [0.717, 1.165) is 0 Å². The van der Waals surface area contributed by atoms with Crippen LogP contribution in [0.15, 0.2) is 45.6 Å². The van der Waals surface area contributed by atoms with Crippen molar-refractivity contribution in [2.75, 3.05) is 11.9 Å². The Bertz CT molecular complexity index is 600. The van der Waals surface area contributed by atoms with Crippen LogP contribution in [0.2, 0.25) is 0 Å². The molecular weight excluding hydrogens is 395 g/mol. The monoisotopic (exact) mass is 402 g/mol. The van der Waals surface area contributed by atoms with Crippen LogP contribution in [0.1, 0.15) is 0 Å². The van der Waals surface area contributed by atoms with E-state index in [1.54, 1.807) is 24.5 Å². The average molecular weight is 404 g/mol. The topological polar surface area (TPSA) is 51.2 Å². The van der Waals surface area contributed by atoms with Crippen LogP contribution in [0, 0.1) is 5.82 Å². The van der Waals surface area contributed by atoms with Gasteiger partial charge in [-0.05, 0) is 56.1 Å². The Balaban J connectivity index is 1.97. The molecule has 0 atom stereocenters. The maximum Gasteiger partial charge on any atom is 0.262 e. The molecule has 4 nitrogen and oxygen atoms in total. The highest BCUT2D eigenvalue weighted by atomic mass is 79.9. The van der Waals surface area contributed by atoms with Crippen molar-refractivity contribution >= 4 is 43.5 Å². The molecule has 0 spiro atoms. The summed E-state index contributed by atoms with van der Waals surface area (Å²) < 4.78 is 19.3. The molecule has 1 amide bonds. The van der Waals surface area contributed by atoms with E-state index in [9.17, 15) is 9.18 Å². The Morgan fingerprint density at radius 1 is 1.25 bits per heavy atom. The van der Waals surface area contributed by atoms with Crippen LogP contribution in [0.25, 0.3) is 0 Å². The van der Waals surface area contributed by atoms with Gasteiger partial charge in [0.1, 0.15) is 11.6 Å². The van der Waals surface area contributed by atoms with E-state index in [-0.39, 0.29) is 12.5 Å². The molecule has 0 saturated carbocycles. The minimum atomic E-state index is -0.405. The number of ether oxygens (including phenoxy) is 1. The lowest BCUT2D eigenvalue weighted by molar-refractivity contribution is -0.118. The van der Waals surface area contributed by atoms with Gasteiger partial charge in [0.25, 0.3) is 5.91 Å². The first-order valence-electron chi connectivity index (χ1n) is 5.53. The van der Waals surface area contributed by atoms with Gasteiger partial charge in [0.15, 0.2) is 6.61 Å². The van der Waals surface area contributed by atoms with Gasteiger partial charge < -0.3 is 10.1 Å². The molecule has 104 valence electrons. The zero-order valence-corrected chi connectivity index (χ0v) is 13.2.